The average molecular weight is 301 g/mol. The molecule has 1 heterocycles. The Morgan fingerprint density at radius 2 is 1.90 bits per heavy atom. The largest absolute Gasteiger partial charge is 0.497 e. The average Bonchev–Trinajstić information content (AvgIpc) is 2.49. The van der Waals surface area contributed by atoms with Gasteiger partial charge in [0.15, 0.2) is 0 Å². The summed E-state index contributed by atoms with van der Waals surface area (Å²) in [5.41, 5.74) is 6.34. The Labute approximate surface area is 126 Å². The first-order valence-corrected chi connectivity index (χ1v) is 6.74. The third-order valence-electron chi connectivity index (χ3n) is 3.35. The number of pyridine rings is 1. The number of nitrogen functional groups attached to an aromatic ring is 1. The molecule has 2 N–H and O–H groups in total. The number of methoxy groups -OCH3 is 1. The van der Waals surface area contributed by atoms with Gasteiger partial charge < -0.3 is 10.5 Å². The molecule has 0 amide bonds. The molecule has 0 fully saturated rings. The zero-order chi connectivity index (χ0) is 15.0. The van der Waals surface area contributed by atoms with E-state index in [0.717, 1.165) is 5.39 Å². The fraction of sp³-hybridized carbons (Fsp3) is 0.0625. The molecule has 0 radical (unpaired) electrons. The van der Waals surface area contributed by atoms with Crippen LogP contribution in [0, 0.1) is 0 Å². The van der Waals surface area contributed by atoms with Crippen LogP contribution in [0.2, 0.25) is 5.02 Å². The number of nitrogens with two attached hydrogens (primary N) is 1. The summed E-state index contributed by atoms with van der Waals surface area (Å²) < 4.78 is 6.58. The Bertz CT molecular complexity index is 887. The number of hydrogen-bond acceptors (Lipinski definition) is 3. The third-order valence-corrected chi connectivity index (χ3v) is 3.67. The van der Waals surface area contributed by atoms with E-state index in [-0.39, 0.29) is 5.56 Å². The number of benzene rings is 2. The predicted molar refractivity (Wildman–Crippen MR) is 85.5 cm³/mol. The molecule has 3 aromatic rings. The Kier molecular flexibility index (Phi) is 3.31. The van der Waals surface area contributed by atoms with Crippen molar-refractivity contribution in [3.63, 3.8) is 0 Å². The summed E-state index contributed by atoms with van der Waals surface area (Å²) in [6.07, 6.45) is 0. The molecule has 0 spiro atoms. The maximum atomic E-state index is 12.7. The van der Waals surface area contributed by atoms with Crippen LogP contribution in [-0.4, -0.2) is 11.7 Å². The molecule has 0 aliphatic rings. The Hall–Kier alpha value is -2.46. The van der Waals surface area contributed by atoms with Crippen LogP contribution >= 0.6 is 11.6 Å². The van der Waals surface area contributed by atoms with E-state index in [4.69, 9.17) is 22.1 Å². The van der Waals surface area contributed by atoms with Crippen LogP contribution in [0.15, 0.2) is 53.3 Å². The topological polar surface area (TPSA) is 57.2 Å². The van der Waals surface area contributed by atoms with Gasteiger partial charge in [0, 0.05) is 11.5 Å². The normalized spacial score (nSPS) is 10.8. The van der Waals surface area contributed by atoms with Crippen molar-refractivity contribution in [2.45, 2.75) is 0 Å². The Balaban J connectivity index is 2.38. The number of nitrogens with zero attached hydrogens (tertiary/aromatic N) is 1. The van der Waals surface area contributed by atoms with E-state index in [1.165, 1.54) is 4.57 Å². The summed E-state index contributed by atoms with van der Waals surface area (Å²) >= 11 is 6.21. The van der Waals surface area contributed by atoms with Crippen LogP contribution in [0.3, 0.4) is 0 Å². The van der Waals surface area contributed by atoms with Gasteiger partial charge in [0.2, 0.25) is 0 Å². The lowest BCUT2D eigenvalue weighted by molar-refractivity contribution is 0.414. The zero-order valence-corrected chi connectivity index (χ0v) is 12.1. The lowest BCUT2D eigenvalue weighted by Gasteiger charge is -2.13. The summed E-state index contributed by atoms with van der Waals surface area (Å²) in [6, 6.07) is 14.2. The Morgan fingerprint density at radius 1 is 1.14 bits per heavy atom. The molecule has 0 aliphatic heterocycles. The van der Waals surface area contributed by atoms with E-state index in [0.29, 0.717) is 27.7 Å². The van der Waals surface area contributed by atoms with Crippen LogP contribution in [0.4, 0.5) is 5.82 Å². The fourth-order valence-corrected chi connectivity index (χ4v) is 2.52. The molecule has 0 unspecified atom stereocenters. The zero-order valence-electron chi connectivity index (χ0n) is 11.3. The van der Waals surface area contributed by atoms with E-state index in [2.05, 4.69) is 0 Å². The van der Waals surface area contributed by atoms with Crippen LogP contribution in [0.25, 0.3) is 16.5 Å². The van der Waals surface area contributed by atoms with Crippen molar-refractivity contribution in [3.05, 3.63) is 63.9 Å². The molecular weight excluding hydrogens is 288 g/mol. The van der Waals surface area contributed by atoms with Crippen LogP contribution in [0.1, 0.15) is 0 Å². The van der Waals surface area contributed by atoms with Gasteiger partial charge in [0.1, 0.15) is 11.6 Å². The molecular formula is C16H13ClN2O2. The molecule has 106 valence electrons. The highest BCUT2D eigenvalue weighted by molar-refractivity contribution is 6.32. The van der Waals surface area contributed by atoms with Gasteiger partial charge in [-0.1, -0.05) is 29.8 Å². The lowest BCUT2D eigenvalue weighted by atomic mass is 10.1. The summed E-state index contributed by atoms with van der Waals surface area (Å²) in [5, 5.41) is 1.82. The highest BCUT2D eigenvalue weighted by atomic mass is 35.5. The van der Waals surface area contributed by atoms with Gasteiger partial charge in [0.05, 0.1) is 17.8 Å². The predicted octanol–water partition coefficient (Wildman–Crippen LogP) is 3.23. The second kappa shape index (κ2) is 5.14. The van der Waals surface area contributed by atoms with Crippen molar-refractivity contribution >= 4 is 28.2 Å². The maximum absolute atomic E-state index is 12.7. The number of aromatic nitrogens is 1. The first kappa shape index (κ1) is 13.5. The van der Waals surface area contributed by atoms with E-state index in [1.54, 1.807) is 37.4 Å². The molecule has 1 aromatic heterocycles. The highest BCUT2D eigenvalue weighted by Gasteiger charge is 2.12. The molecule has 0 saturated carbocycles. The Morgan fingerprint density at radius 3 is 2.67 bits per heavy atom. The smallest absolute Gasteiger partial charge is 0.264 e. The number of ether oxygens (including phenoxy) is 1. The van der Waals surface area contributed by atoms with Gasteiger partial charge in [-0.2, -0.15) is 0 Å². The molecule has 0 atom stereocenters. The van der Waals surface area contributed by atoms with Gasteiger partial charge >= 0.3 is 0 Å². The number of halogens is 1. The van der Waals surface area contributed by atoms with Crippen molar-refractivity contribution in [1.82, 2.24) is 4.57 Å². The second-order valence-electron chi connectivity index (χ2n) is 4.61. The summed E-state index contributed by atoms with van der Waals surface area (Å²) in [6.45, 7) is 0. The van der Waals surface area contributed by atoms with E-state index < -0.39 is 0 Å². The number of fused-ring (bicyclic) bond motifs is 1. The minimum absolute atomic E-state index is 0.208. The molecule has 21 heavy (non-hydrogen) atoms. The van der Waals surface area contributed by atoms with Crippen molar-refractivity contribution in [3.8, 4) is 11.4 Å². The SMILES string of the molecule is COc1ccc(Cl)c(-n2c(N)cc3ccccc3c2=O)c1. The summed E-state index contributed by atoms with van der Waals surface area (Å²) in [5.74, 6) is 0.933. The lowest BCUT2D eigenvalue weighted by Crippen LogP contribution is -2.21. The number of rotatable bonds is 2. The molecule has 5 heteroatoms. The second-order valence-corrected chi connectivity index (χ2v) is 5.02. The molecule has 0 aliphatic carbocycles. The van der Waals surface area contributed by atoms with E-state index in [9.17, 15) is 4.79 Å². The highest BCUT2D eigenvalue weighted by Crippen LogP contribution is 2.27. The third kappa shape index (κ3) is 2.23. The van der Waals surface area contributed by atoms with Crippen molar-refractivity contribution in [2.75, 3.05) is 12.8 Å². The molecule has 3 rings (SSSR count). The van der Waals surface area contributed by atoms with Gasteiger partial charge in [-0.3, -0.25) is 9.36 Å². The van der Waals surface area contributed by atoms with Gasteiger partial charge in [-0.05, 0) is 29.7 Å². The van der Waals surface area contributed by atoms with Crippen LogP contribution < -0.4 is 16.0 Å². The first-order valence-electron chi connectivity index (χ1n) is 6.36. The van der Waals surface area contributed by atoms with Crippen molar-refractivity contribution in [1.29, 1.82) is 0 Å². The molecule has 4 nitrogen and oxygen atoms in total. The summed E-state index contributed by atoms with van der Waals surface area (Å²) in [7, 11) is 1.56. The summed E-state index contributed by atoms with van der Waals surface area (Å²) in [4.78, 5) is 12.7. The van der Waals surface area contributed by atoms with Gasteiger partial charge in [0.25, 0.3) is 5.56 Å². The van der Waals surface area contributed by atoms with Gasteiger partial charge in [-0.15, -0.1) is 0 Å². The molecule has 2 aromatic carbocycles. The monoisotopic (exact) mass is 300 g/mol. The number of anilines is 1. The first-order chi connectivity index (χ1) is 10.1. The molecule has 0 bridgehead atoms. The standard InChI is InChI=1S/C16H13ClN2O2/c1-21-11-6-7-13(17)14(9-11)19-15(18)8-10-4-2-3-5-12(10)16(19)20/h2-9H,18H2,1H3. The maximum Gasteiger partial charge on any atom is 0.264 e. The van der Waals surface area contributed by atoms with Crippen LogP contribution in [0.5, 0.6) is 5.75 Å². The van der Waals surface area contributed by atoms with Crippen molar-refractivity contribution < 1.29 is 4.74 Å². The minimum Gasteiger partial charge on any atom is -0.497 e. The fourth-order valence-electron chi connectivity index (χ4n) is 2.32. The van der Waals surface area contributed by atoms with Gasteiger partial charge in [-0.25, -0.2) is 0 Å². The number of hydrogen-bond donors (Lipinski definition) is 1. The quantitative estimate of drug-likeness (QED) is 0.790. The van der Waals surface area contributed by atoms with E-state index in [1.807, 2.05) is 18.2 Å². The van der Waals surface area contributed by atoms with Crippen molar-refractivity contribution in [2.24, 2.45) is 0 Å². The molecule has 0 saturated heterocycles. The minimum atomic E-state index is -0.208. The van der Waals surface area contributed by atoms with Crippen LogP contribution in [-0.2, 0) is 0 Å². The van der Waals surface area contributed by atoms with E-state index >= 15 is 0 Å².